The van der Waals surface area contributed by atoms with Crippen molar-refractivity contribution in [3.05, 3.63) is 101 Å². The van der Waals surface area contributed by atoms with Gasteiger partial charge in [0.2, 0.25) is 0 Å². The molecule has 0 saturated heterocycles. The predicted molar refractivity (Wildman–Crippen MR) is 138 cm³/mol. The van der Waals surface area contributed by atoms with E-state index in [4.69, 9.17) is 14.2 Å². The molecule has 0 aromatic heterocycles. The van der Waals surface area contributed by atoms with Crippen LogP contribution in [0.2, 0.25) is 0 Å². The molecule has 4 aromatic carbocycles. The summed E-state index contributed by atoms with van der Waals surface area (Å²) >= 11 is 0. The standard InChI is InChI=1S/C30H26F3NO4/c1-36-27-15-20-13-14-34(29(35)24-12-5-8-19-7-3-4-11-23(19)24)26(25(20)17-28(27)37-2)18-38-22-10-6-9-21(16-22)30(31,32)33/h3-12,15-17,26H,13-14,18H2,1-2H3. The molecule has 0 saturated carbocycles. The van der Waals surface area contributed by atoms with Crippen LogP contribution >= 0.6 is 0 Å². The Balaban J connectivity index is 1.54. The zero-order valence-electron chi connectivity index (χ0n) is 20.9. The van der Waals surface area contributed by atoms with Crippen molar-refractivity contribution in [2.45, 2.75) is 18.6 Å². The quantitative estimate of drug-likeness (QED) is 0.284. The van der Waals surface area contributed by atoms with Crippen molar-refractivity contribution < 1.29 is 32.2 Å². The summed E-state index contributed by atoms with van der Waals surface area (Å²) < 4.78 is 56.7. The van der Waals surface area contributed by atoms with Crippen LogP contribution in [0.5, 0.6) is 17.2 Å². The highest BCUT2D eigenvalue weighted by molar-refractivity contribution is 6.07. The van der Waals surface area contributed by atoms with Crippen molar-refractivity contribution >= 4 is 16.7 Å². The topological polar surface area (TPSA) is 48.0 Å². The second-order valence-corrected chi connectivity index (χ2v) is 9.03. The monoisotopic (exact) mass is 521 g/mol. The van der Waals surface area contributed by atoms with Gasteiger partial charge in [0.15, 0.2) is 11.5 Å². The van der Waals surface area contributed by atoms with E-state index in [-0.39, 0.29) is 18.3 Å². The summed E-state index contributed by atoms with van der Waals surface area (Å²) in [6.45, 7) is 0.363. The van der Waals surface area contributed by atoms with Gasteiger partial charge in [0.1, 0.15) is 12.4 Å². The number of hydrogen-bond donors (Lipinski definition) is 0. The number of carbonyl (C=O) groups is 1. The van der Waals surface area contributed by atoms with Gasteiger partial charge in [-0.1, -0.05) is 42.5 Å². The maximum atomic E-state index is 14.0. The third-order valence-electron chi connectivity index (χ3n) is 6.85. The average molecular weight is 522 g/mol. The lowest BCUT2D eigenvalue weighted by molar-refractivity contribution is -0.137. The van der Waals surface area contributed by atoms with Crippen molar-refractivity contribution in [2.75, 3.05) is 27.4 Å². The number of amides is 1. The molecule has 5 nitrogen and oxygen atoms in total. The Morgan fingerprint density at radius 2 is 1.63 bits per heavy atom. The number of rotatable bonds is 6. The summed E-state index contributed by atoms with van der Waals surface area (Å²) in [5.41, 5.74) is 1.52. The summed E-state index contributed by atoms with van der Waals surface area (Å²) in [4.78, 5) is 15.7. The lowest BCUT2D eigenvalue weighted by Crippen LogP contribution is -2.42. The molecule has 1 aliphatic heterocycles. The number of ether oxygens (including phenoxy) is 3. The van der Waals surface area contributed by atoms with Crippen molar-refractivity contribution in [1.29, 1.82) is 0 Å². The first-order valence-electron chi connectivity index (χ1n) is 12.1. The molecule has 8 heteroatoms. The van der Waals surface area contributed by atoms with Gasteiger partial charge in [-0.05, 0) is 64.7 Å². The molecule has 196 valence electrons. The van der Waals surface area contributed by atoms with Crippen LogP contribution in [0, 0.1) is 0 Å². The molecule has 0 spiro atoms. The summed E-state index contributed by atoms with van der Waals surface area (Å²) in [6, 6.07) is 21.1. The van der Waals surface area contributed by atoms with E-state index in [1.807, 2.05) is 48.5 Å². The van der Waals surface area contributed by atoms with Gasteiger partial charge in [-0.2, -0.15) is 13.2 Å². The zero-order valence-corrected chi connectivity index (χ0v) is 20.9. The fraction of sp³-hybridized carbons (Fsp3) is 0.233. The summed E-state index contributed by atoms with van der Waals surface area (Å²) in [6.07, 6.45) is -3.91. The summed E-state index contributed by atoms with van der Waals surface area (Å²) in [5.74, 6) is 0.956. The first-order chi connectivity index (χ1) is 18.3. The van der Waals surface area contributed by atoms with E-state index in [1.54, 1.807) is 18.1 Å². The Bertz CT molecular complexity index is 1480. The van der Waals surface area contributed by atoms with E-state index >= 15 is 0 Å². The maximum absolute atomic E-state index is 14.0. The van der Waals surface area contributed by atoms with E-state index in [2.05, 4.69) is 0 Å². The lowest BCUT2D eigenvalue weighted by atomic mass is 9.91. The molecular weight excluding hydrogens is 495 g/mol. The van der Waals surface area contributed by atoms with Crippen LogP contribution in [-0.2, 0) is 12.6 Å². The number of alkyl halides is 3. The maximum Gasteiger partial charge on any atom is 0.416 e. The first-order valence-corrected chi connectivity index (χ1v) is 12.1. The van der Waals surface area contributed by atoms with E-state index in [0.29, 0.717) is 30.0 Å². The van der Waals surface area contributed by atoms with Crippen LogP contribution < -0.4 is 14.2 Å². The van der Waals surface area contributed by atoms with Gasteiger partial charge >= 0.3 is 6.18 Å². The molecule has 1 atom stereocenters. The van der Waals surface area contributed by atoms with Gasteiger partial charge in [0.25, 0.3) is 5.91 Å². The van der Waals surface area contributed by atoms with Crippen LogP contribution in [-0.4, -0.2) is 38.2 Å². The van der Waals surface area contributed by atoms with Crippen LogP contribution in [0.1, 0.15) is 33.1 Å². The number of benzene rings is 4. The normalized spacial score (nSPS) is 15.2. The fourth-order valence-electron chi connectivity index (χ4n) is 4.95. The molecule has 0 radical (unpaired) electrons. The molecule has 1 amide bonds. The summed E-state index contributed by atoms with van der Waals surface area (Å²) in [5, 5.41) is 1.77. The van der Waals surface area contributed by atoms with Gasteiger partial charge < -0.3 is 19.1 Å². The minimum Gasteiger partial charge on any atom is -0.493 e. The van der Waals surface area contributed by atoms with Crippen molar-refractivity contribution in [2.24, 2.45) is 0 Å². The Morgan fingerprint density at radius 1 is 0.921 bits per heavy atom. The van der Waals surface area contributed by atoms with Gasteiger partial charge in [0, 0.05) is 12.1 Å². The molecule has 0 N–H and O–H groups in total. The highest BCUT2D eigenvalue weighted by atomic mass is 19.4. The minimum atomic E-state index is -4.49. The highest BCUT2D eigenvalue weighted by Crippen LogP contribution is 2.40. The zero-order chi connectivity index (χ0) is 26.9. The van der Waals surface area contributed by atoms with Crippen molar-refractivity contribution in [3.63, 3.8) is 0 Å². The van der Waals surface area contributed by atoms with Gasteiger partial charge in [-0.15, -0.1) is 0 Å². The molecule has 1 unspecified atom stereocenters. The smallest absolute Gasteiger partial charge is 0.416 e. The largest absolute Gasteiger partial charge is 0.493 e. The minimum absolute atomic E-state index is 0.0414. The summed E-state index contributed by atoms with van der Waals surface area (Å²) in [7, 11) is 3.08. The third-order valence-corrected chi connectivity index (χ3v) is 6.85. The predicted octanol–water partition coefficient (Wildman–Crippen LogP) is 6.69. The number of fused-ring (bicyclic) bond motifs is 2. The van der Waals surface area contributed by atoms with Crippen LogP contribution in [0.15, 0.2) is 78.9 Å². The van der Waals surface area contributed by atoms with Crippen molar-refractivity contribution in [3.8, 4) is 17.2 Å². The number of methoxy groups -OCH3 is 2. The van der Waals surface area contributed by atoms with Gasteiger partial charge in [-0.3, -0.25) is 4.79 Å². The number of nitrogens with zero attached hydrogens (tertiary/aromatic N) is 1. The molecule has 0 fully saturated rings. The van der Waals surface area contributed by atoms with Gasteiger partial charge in [-0.25, -0.2) is 0 Å². The fourth-order valence-corrected chi connectivity index (χ4v) is 4.95. The third kappa shape index (κ3) is 4.86. The average Bonchev–Trinajstić information content (AvgIpc) is 2.94. The number of hydrogen-bond acceptors (Lipinski definition) is 4. The Labute approximate surface area is 218 Å². The lowest BCUT2D eigenvalue weighted by Gasteiger charge is -2.38. The van der Waals surface area contributed by atoms with E-state index in [0.717, 1.165) is 34.0 Å². The van der Waals surface area contributed by atoms with Crippen LogP contribution in [0.25, 0.3) is 10.8 Å². The molecule has 38 heavy (non-hydrogen) atoms. The number of carbonyl (C=O) groups excluding carboxylic acids is 1. The van der Waals surface area contributed by atoms with E-state index in [9.17, 15) is 18.0 Å². The Kier molecular flexibility index (Phi) is 6.89. The molecule has 0 aliphatic carbocycles. The van der Waals surface area contributed by atoms with E-state index < -0.39 is 17.8 Å². The molecule has 5 rings (SSSR count). The SMILES string of the molecule is COc1cc2c(cc1OC)C(COc1cccc(C(F)(F)F)c1)N(C(=O)c1cccc3ccccc13)CC2. The van der Waals surface area contributed by atoms with Crippen LogP contribution in [0.4, 0.5) is 13.2 Å². The first kappa shape index (κ1) is 25.4. The Hall–Kier alpha value is -4.20. The molecule has 0 bridgehead atoms. The molecule has 4 aromatic rings. The second kappa shape index (κ2) is 10.3. The molecule has 1 aliphatic rings. The molecular formula is C30H26F3NO4. The van der Waals surface area contributed by atoms with E-state index in [1.165, 1.54) is 19.2 Å². The number of halogens is 3. The van der Waals surface area contributed by atoms with Crippen molar-refractivity contribution in [1.82, 2.24) is 4.90 Å². The molecule has 1 heterocycles. The van der Waals surface area contributed by atoms with Gasteiger partial charge in [0.05, 0.1) is 25.8 Å². The Morgan fingerprint density at radius 3 is 2.39 bits per heavy atom. The van der Waals surface area contributed by atoms with Crippen LogP contribution in [0.3, 0.4) is 0 Å². The second-order valence-electron chi connectivity index (χ2n) is 9.03. The highest BCUT2D eigenvalue weighted by Gasteiger charge is 2.34.